The van der Waals surface area contributed by atoms with Gasteiger partial charge in [-0.3, -0.25) is 0 Å². The molecular weight excluding hydrogens is 245 g/mol. The minimum Gasteiger partial charge on any atom is -0.383 e. The molecule has 1 aromatic heterocycles. The van der Waals surface area contributed by atoms with Crippen LogP contribution in [0.4, 0.5) is 19.0 Å². The van der Waals surface area contributed by atoms with E-state index in [-0.39, 0.29) is 11.3 Å². The third-order valence-corrected chi connectivity index (χ3v) is 2.43. The first-order valence-electron chi connectivity index (χ1n) is 5.20. The normalized spacial score (nSPS) is 12.0. The quantitative estimate of drug-likeness (QED) is 0.862. The van der Waals surface area contributed by atoms with Gasteiger partial charge in [0.25, 0.3) is 0 Å². The molecule has 96 valence electrons. The fourth-order valence-electron chi connectivity index (χ4n) is 1.62. The van der Waals surface area contributed by atoms with E-state index < -0.39 is 11.7 Å². The summed E-state index contributed by atoms with van der Waals surface area (Å²) in [6, 6.07) is 3.24. The van der Waals surface area contributed by atoms with Crippen molar-refractivity contribution in [1.82, 2.24) is 15.3 Å². The summed E-state index contributed by atoms with van der Waals surface area (Å²) in [7, 11) is 1.69. The highest BCUT2D eigenvalue weighted by atomic mass is 19.4. The lowest BCUT2D eigenvalue weighted by Crippen LogP contribution is -2.11. The lowest BCUT2D eigenvalue weighted by molar-refractivity contribution is -0.137. The van der Waals surface area contributed by atoms with Crippen molar-refractivity contribution in [3.8, 4) is 0 Å². The molecule has 7 heteroatoms. The second kappa shape index (κ2) is 4.41. The zero-order valence-electron chi connectivity index (χ0n) is 9.54. The van der Waals surface area contributed by atoms with Crippen LogP contribution in [-0.4, -0.2) is 17.0 Å². The van der Waals surface area contributed by atoms with Crippen LogP contribution in [0.25, 0.3) is 10.9 Å². The van der Waals surface area contributed by atoms with Gasteiger partial charge < -0.3 is 11.1 Å². The van der Waals surface area contributed by atoms with Crippen molar-refractivity contribution < 1.29 is 13.2 Å². The van der Waals surface area contributed by atoms with Gasteiger partial charge in [0.05, 0.1) is 17.6 Å². The number of rotatable bonds is 2. The Hall–Kier alpha value is -1.89. The number of anilines is 1. The SMILES string of the molecule is CNCc1nc(N)c2ccc(C(F)(F)F)cc2n1. The maximum absolute atomic E-state index is 12.6. The molecule has 0 atom stereocenters. The Bertz CT molecular complexity index is 580. The number of nitrogens with one attached hydrogen (secondary N) is 1. The molecular formula is C11H11F3N4. The van der Waals surface area contributed by atoms with Gasteiger partial charge in [0.2, 0.25) is 0 Å². The van der Waals surface area contributed by atoms with Gasteiger partial charge in [0.1, 0.15) is 11.6 Å². The molecule has 0 unspecified atom stereocenters. The smallest absolute Gasteiger partial charge is 0.383 e. The molecule has 0 radical (unpaired) electrons. The largest absolute Gasteiger partial charge is 0.416 e. The fraction of sp³-hybridized carbons (Fsp3) is 0.273. The van der Waals surface area contributed by atoms with E-state index in [1.165, 1.54) is 6.07 Å². The van der Waals surface area contributed by atoms with E-state index in [0.717, 1.165) is 12.1 Å². The average molecular weight is 256 g/mol. The Morgan fingerprint density at radius 3 is 2.61 bits per heavy atom. The number of halogens is 3. The van der Waals surface area contributed by atoms with Crippen LogP contribution in [0, 0.1) is 0 Å². The number of benzene rings is 1. The van der Waals surface area contributed by atoms with Crippen molar-refractivity contribution in [3.05, 3.63) is 29.6 Å². The van der Waals surface area contributed by atoms with Gasteiger partial charge in [0, 0.05) is 5.39 Å². The molecule has 2 rings (SSSR count). The Morgan fingerprint density at radius 1 is 1.28 bits per heavy atom. The first kappa shape index (κ1) is 12.6. The van der Waals surface area contributed by atoms with Crippen molar-refractivity contribution in [2.24, 2.45) is 0 Å². The average Bonchev–Trinajstić information content (AvgIpc) is 2.27. The number of hydrogen-bond donors (Lipinski definition) is 2. The molecule has 0 aliphatic carbocycles. The van der Waals surface area contributed by atoms with Crippen molar-refractivity contribution in [1.29, 1.82) is 0 Å². The predicted molar refractivity (Wildman–Crippen MR) is 61.7 cm³/mol. The minimum absolute atomic E-state index is 0.180. The number of nitrogen functional groups attached to an aromatic ring is 1. The Balaban J connectivity index is 2.60. The maximum Gasteiger partial charge on any atom is 0.416 e. The van der Waals surface area contributed by atoms with Gasteiger partial charge in [0.15, 0.2) is 0 Å². The van der Waals surface area contributed by atoms with Crippen LogP contribution in [0.5, 0.6) is 0 Å². The number of nitrogens with zero attached hydrogens (tertiary/aromatic N) is 2. The van der Waals surface area contributed by atoms with Crippen LogP contribution in [0.1, 0.15) is 11.4 Å². The molecule has 0 aliphatic heterocycles. The summed E-state index contributed by atoms with van der Waals surface area (Å²) >= 11 is 0. The van der Waals surface area contributed by atoms with Crippen LogP contribution < -0.4 is 11.1 Å². The van der Waals surface area contributed by atoms with Crippen molar-refractivity contribution in [2.75, 3.05) is 12.8 Å². The third-order valence-electron chi connectivity index (χ3n) is 2.43. The van der Waals surface area contributed by atoms with E-state index in [1.54, 1.807) is 7.05 Å². The van der Waals surface area contributed by atoms with Crippen molar-refractivity contribution in [2.45, 2.75) is 12.7 Å². The first-order valence-corrected chi connectivity index (χ1v) is 5.20. The van der Waals surface area contributed by atoms with Crippen LogP contribution >= 0.6 is 0 Å². The third kappa shape index (κ3) is 2.35. The molecule has 18 heavy (non-hydrogen) atoms. The van der Waals surface area contributed by atoms with E-state index in [0.29, 0.717) is 17.8 Å². The summed E-state index contributed by atoms with van der Waals surface area (Å²) in [4.78, 5) is 8.05. The Kier molecular flexibility index (Phi) is 3.08. The Labute approximate surface area is 101 Å². The summed E-state index contributed by atoms with van der Waals surface area (Å²) in [5, 5.41) is 3.24. The first-order chi connectivity index (χ1) is 8.41. The van der Waals surface area contributed by atoms with Gasteiger partial charge in [-0.1, -0.05) is 0 Å². The molecule has 0 saturated heterocycles. The van der Waals surface area contributed by atoms with Gasteiger partial charge in [-0.25, -0.2) is 9.97 Å². The van der Waals surface area contributed by atoms with Crippen LogP contribution in [0.15, 0.2) is 18.2 Å². The van der Waals surface area contributed by atoms with E-state index in [4.69, 9.17) is 5.73 Å². The second-order valence-corrected chi connectivity index (χ2v) is 3.79. The topological polar surface area (TPSA) is 63.8 Å². The zero-order chi connectivity index (χ0) is 13.3. The standard InChI is InChI=1S/C11H11F3N4/c1-16-5-9-17-8-4-6(11(12,13)14)2-3-7(8)10(15)18-9/h2-4,16H,5H2,1H3,(H2,15,17,18). The van der Waals surface area contributed by atoms with E-state index >= 15 is 0 Å². The highest BCUT2D eigenvalue weighted by Crippen LogP contribution is 2.31. The molecule has 1 heterocycles. The lowest BCUT2D eigenvalue weighted by atomic mass is 10.1. The van der Waals surface area contributed by atoms with E-state index in [1.807, 2.05) is 0 Å². The molecule has 0 aliphatic rings. The zero-order valence-corrected chi connectivity index (χ0v) is 9.54. The summed E-state index contributed by atoms with van der Waals surface area (Å²) < 4.78 is 37.7. The highest BCUT2D eigenvalue weighted by molar-refractivity contribution is 5.88. The molecule has 0 spiro atoms. The maximum atomic E-state index is 12.6. The van der Waals surface area contributed by atoms with Crippen LogP contribution in [0.3, 0.4) is 0 Å². The van der Waals surface area contributed by atoms with Gasteiger partial charge in [-0.2, -0.15) is 13.2 Å². The molecule has 4 nitrogen and oxygen atoms in total. The number of fused-ring (bicyclic) bond motifs is 1. The molecule has 2 aromatic rings. The molecule has 0 saturated carbocycles. The van der Waals surface area contributed by atoms with Crippen LogP contribution in [0.2, 0.25) is 0 Å². The second-order valence-electron chi connectivity index (χ2n) is 3.79. The summed E-state index contributed by atoms with van der Waals surface area (Å²) in [6.45, 7) is 0.344. The lowest BCUT2D eigenvalue weighted by Gasteiger charge is -2.09. The highest BCUT2D eigenvalue weighted by Gasteiger charge is 2.30. The number of nitrogens with two attached hydrogens (primary N) is 1. The Morgan fingerprint density at radius 2 is 2.00 bits per heavy atom. The van der Waals surface area contributed by atoms with Crippen LogP contribution in [-0.2, 0) is 12.7 Å². The fourth-order valence-corrected chi connectivity index (χ4v) is 1.62. The van der Waals surface area contributed by atoms with E-state index in [2.05, 4.69) is 15.3 Å². The summed E-state index contributed by atoms with van der Waals surface area (Å²) in [6.07, 6.45) is -4.39. The molecule has 0 bridgehead atoms. The summed E-state index contributed by atoms with van der Waals surface area (Å²) in [5.41, 5.74) is 5.14. The number of aromatic nitrogens is 2. The summed E-state index contributed by atoms with van der Waals surface area (Å²) in [5.74, 6) is 0.542. The van der Waals surface area contributed by atoms with Crippen molar-refractivity contribution >= 4 is 16.7 Å². The molecule has 3 N–H and O–H groups in total. The molecule has 1 aromatic carbocycles. The van der Waals surface area contributed by atoms with Gasteiger partial charge in [-0.05, 0) is 25.2 Å². The van der Waals surface area contributed by atoms with Gasteiger partial charge in [-0.15, -0.1) is 0 Å². The molecule has 0 amide bonds. The van der Waals surface area contributed by atoms with Crippen molar-refractivity contribution in [3.63, 3.8) is 0 Å². The minimum atomic E-state index is -4.39. The predicted octanol–water partition coefficient (Wildman–Crippen LogP) is 1.95. The number of hydrogen-bond acceptors (Lipinski definition) is 4. The van der Waals surface area contributed by atoms with Gasteiger partial charge >= 0.3 is 6.18 Å². The van der Waals surface area contributed by atoms with E-state index in [9.17, 15) is 13.2 Å². The monoisotopic (exact) mass is 256 g/mol. The number of alkyl halides is 3. The molecule has 0 fully saturated rings.